The molecule has 3 aromatic rings. The Morgan fingerprint density at radius 2 is 1.74 bits per heavy atom. The van der Waals surface area contributed by atoms with Gasteiger partial charge in [0.2, 0.25) is 5.91 Å². The van der Waals surface area contributed by atoms with Gasteiger partial charge >= 0.3 is 0 Å². The van der Waals surface area contributed by atoms with Gasteiger partial charge in [0.15, 0.2) is 0 Å². The number of halogens is 1. The van der Waals surface area contributed by atoms with Crippen molar-refractivity contribution in [1.82, 2.24) is 5.32 Å². The van der Waals surface area contributed by atoms with E-state index >= 15 is 0 Å². The number of carbonyl (C=O) groups excluding carboxylic acids is 2. The number of carbonyl (C=O) groups is 2. The Balaban J connectivity index is 1.69. The average Bonchev–Trinajstić information content (AvgIpc) is 2.79. The molecule has 0 bridgehead atoms. The largest absolute Gasteiger partial charge is 0.497 e. The molecule has 1 aliphatic heterocycles. The van der Waals surface area contributed by atoms with E-state index in [1.54, 1.807) is 54.5 Å². The normalized spacial score (nSPS) is 17.8. The van der Waals surface area contributed by atoms with Gasteiger partial charge in [-0.3, -0.25) is 14.5 Å². The van der Waals surface area contributed by atoms with Crippen molar-refractivity contribution in [1.29, 1.82) is 0 Å². The number of fused-ring (bicyclic) bond motifs is 1. The quantitative estimate of drug-likeness (QED) is 0.637. The zero-order valence-corrected chi connectivity index (χ0v) is 18.1. The van der Waals surface area contributed by atoms with Gasteiger partial charge in [0, 0.05) is 29.2 Å². The first-order valence-corrected chi connectivity index (χ1v) is 10.4. The fourth-order valence-corrected chi connectivity index (χ4v) is 4.09. The van der Waals surface area contributed by atoms with Gasteiger partial charge in [-0.2, -0.15) is 0 Å². The molecule has 0 fully saturated rings. The summed E-state index contributed by atoms with van der Waals surface area (Å²) in [5, 5.41) is 3.64. The van der Waals surface area contributed by atoms with Crippen LogP contribution in [0.1, 0.15) is 28.4 Å². The highest BCUT2D eigenvalue weighted by atomic mass is 35.5. The van der Waals surface area contributed by atoms with Gasteiger partial charge in [0.05, 0.1) is 7.11 Å². The van der Waals surface area contributed by atoms with Crippen LogP contribution in [0.4, 0.5) is 5.69 Å². The lowest BCUT2D eigenvalue weighted by molar-refractivity contribution is -0.126. The van der Waals surface area contributed by atoms with E-state index in [-0.39, 0.29) is 11.8 Å². The van der Waals surface area contributed by atoms with Gasteiger partial charge in [0.25, 0.3) is 5.91 Å². The summed E-state index contributed by atoms with van der Waals surface area (Å²) in [6.07, 6.45) is 0.410. The fourth-order valence-electron chi connectivity index (χ4n) is 3.97. The molecule has 0 saturated carbocycles. The van der Waals surface area contributed by atoms with Crippen LogP contribution < -0.4 is 15.0 Å². The van der Waals surface area contributed by atoms with Gasteiger partial charge in [-0.05, 0) is 60.5 Å². The zero-order chi connectivity index (χ0) is 22.0. The van der Waals surface area contributed by atoms with E-state index in [4.69, 9.17) is 16.3 Å². The van der Waals surface area contributed by atoms with Crippen LogP contribution in [-0.2, 0) is 17.8 Å². The third kappa shape index (κ3) is 4.01. The van der Waals surface area contributed by atoms with Crippen LogP contribution in [-0.4, -0.2) is 24.5 Å². The Labute approximate surface area is 186 Å². The molecule has 31 heavy (non-hydrogen) atoms. The number of hydrogen-bond acceptors (Lipinski definition) is 3. The van der Waals surface area contributed by atoms with Crippen LogP contribution in [0.3, 0.4) is 0 Å². The summed E-state index contributed by atoms with van der Waals surface area (Å²) in [7, 11) is 1.59. The van der Waals surface area contributed by atoms with Gasteiger partial charge in [0.1, 0.15) is 11.3 Å². The average molecular weight is 435 g/mol. The molecule has 4 rings (SSSR count). The molecule has 6 heteroatoms. The summed E-state index contributed by atoms with van der Waals surface area (Å²) < 4.78 is 5.24. The minimum Gasteiger partial charge on any atom is -0.497 e. The second-order valence-electron chi connectivity index (χ2n) is 7.76. The number of benzene rings is 3. The highest BCUT2D eigenvalue weighted by Crippen LogP contribution is 2.36. The molecule has 5 nitrogen and oxygen atoms in total. The molecular weight excluding hydrogens is 412 g/mol. The standard InChI is InChI=1S/C25H23ClN2O3/c1-25(24(30)27-16-17-7-9-19(26)10-8-17)15-18-5-3-4-6-22(18)23(29)28(25)20-11-13-21(31-2)14-12-20/h3-14H,15-16H2,1-2H3,(H,27,30). The van der Waals surface area contributed by atoms with E-state index in [1.807, 2.05) is 37.3 Å². The van der Waals surface area contributed by atoms with Crippen molar-refractivity contribution in [3.05, 3.63) is 94.5 Å². The lowest BCUT2D eigenvalue weighted by atomic mass is 9.82. The van der Waals surface area contributed by atoms with E-state index < -0.39 is 5.54 Å². The molecule has 1 aliphatic rings. The highest BCUT2D eigenvalue weighted by Gasteiger charge is 2.47. The number of ether oxygens (including phenoxy) is 1. The van der Waals surface area contributed by atoms with Crippen molar-refractivity contribution < 1.29 is 14.3 Å². The molecule has 1 atom stereocenters. The number of nitrogens with zero attached hydrogens (tertiary/aromatic N) is 1. The van der Waals surface area contributed by atoms with Crippen LogP contribution in [0.15, 0.2) is 72.8 Å². The van der Waals surface area contributed by atoms with Crippen molar-refractivity contribution in [2.24, 2.45) is 0 Å². The number of nitrogens with one attached hydrogen (secondary N) is 1. The summed E-state index contributed by atoms with van der Waals surface area (Å²) in [6.45, 7) is 2.15. The number of anilines is 1. The number of rotatable bonds is 5. The molecule has 2 amide bonds. The van der Waals surface area contributed by atoms with Gasteiger partial charge < -0.3 is 10.1 Å². The third-order valence-electron chi connectivity index (χ3n) is 5.67. The maximum Gasteiger partial charge on any atom is 0.259 e. The third-order valence-corrected chi connectivity index (χ3v) is 5.92. The number of methoxy groups -OCH3 is 1. The molecule has 0 saturated heterocycles. The monoisotopic (exact) mass is 434 g/mol. The topological polar surface area (TPSA) is 58.6 Å². The van der Waals surface area contributed by atoms with Crippen LogP contribution in [0.25, 0.3) is 0 Å². The summed E-state index contributed by atoms with van der Waals surface area (Å²) >= 11 is 5.95. The van der Waals surface area contributed by atoms with Crippen LogP contribution in [0.5, 0.6) is 5.75 Å². The van der Waals surface area contributed by atoms with Crippen LogP contribution in [0.2, 0.25) is 5.02 Å². The number of amides is 2. The smallest absolute Gasteiger partial charge is 0.259 e. The molecule has 0 aromatic heterocycles. The minimum absolute atomic E-state index is 0.198. The first-order chi connectivity index (χ1) is 14.9. The second-order valence-corrected chi connectivity index (χ2v) is 8.19. The lowest BCUT2D eigenvalue weighted by Gasteiger charge is -2.44. The second kappa shape index (κ2) is 8.44. The van der Waals surface area contributed by atoms with E-state index in [1.165, 1.54) is 0 Å². The fraction of sp³-hybridized carbons (Fsp3) is 0.200. The summed E-state index contributed by atoms with van der Waals surface area (Å²) in [4.78, 5) is 28.6. The van der Waals surface area contributed by atoms with E-state index in [9.17, 15) is 9.59 Å². The summed E-state index contributed by atoms with van der Waals surface area (Å²) in [6, 6.07) is 21.9. The highest BCUT2D eigenvalue weighted by molar-refractivity contribution is 6.30. The Morgan fingerprint density at radius 1 is 1.06 bits per heavy atom. The van der Waals surface area contributed by atoms with Gasteiger partial charge in [-0.15, -0.1) is 0 Å². The van der Waals surface area contributed by atoms with Crippen molar-refractivity contribution in [2.75, 3.05) is 12.0 Å². The van der Waals surface area contributed by atoms with E-state index in [0.29, 0.717) is 35.0 Å². The van der Waals surface area contributed by atoms with E-state index in [0.717, 1.165) is 11.1 Å². The molecule has 0 spiro atoms. The SMILES string of the molecule is COc1ccc(N2C(=O)c3ccccc3CC2(C)C(=O)NCc2ccc(Cl)cc2)cc1. The van der Waals surface area contributed by atoms with Crippen molar-refractivity contribution >= 4 is 29.1 Å². The Morgan fingerprint density at radius 3 is 2.42 bits per heavy atom. The molecule has 0 radical (unpaired) electrons. The maximum absolute atomic E-state index is 13.5. The van der Waals surface area contributed by atoms with Gasteiger partial charge in [-0.1, -0.05) is 41.9 Å². The molecule has 1 heterocycles. The maximum atomic E-state index is 13.5. The molecule has 1 unspecified atom stereocenters. The summed E-state index contributed by atoms with van der Waals surface area (Å²) in [5.74, 6) is 0.264. The van der Waals surface area contributed by atoms with Crippen molar-refractivity contribution in [3.8, 4) is 5.75 Å². The molecule has 158 valence electrons. The van der Waals surface area contributed by atoms with Crippen LogP contribution >= 0.6 is 11.6 Å². The molecular formula is C25H23ClN2O3. The minimum atomic E-state index is -1.09. The lowest BCUT2D eigenvalue weighted by Crippen LogP contribution is -2.63. The van der Waals surface area contributed by atoms with Crippen molar-refractivity contribution in [2.45, 2.75) is 25.4 Å². The molecule has 1 N–H and O–H groups in total. The Bertz CT molecular complexity index is 1110. The Hall–Kier alpha value is -3.31. The zero-order valence-electron chi connectivity index (χ0n) is 17.4. The van der Waals surface area contributed by atoms with Gasteiger partial charge in [-0.25, -0.2) is 0 Å². The number of hydrogen-bond donors (Lipinski definition) is 1. The first-order valence-electron chi connectivity index (χ1n) is 10.0. The summed E-state index contributed by atoms with van der Waals surface area (Å²) in [5.41, 5.74) is 1.96. The molecule has 0 aliphatic carbocycles. The van der Waals surface area contributed by atoms with E-state index in [2.05, 4.69) is 5.32 Å². The predicted octanol–water partition coefficient (Wildman–Crippen LogP) is 4.63. The van der Waals surface area contributed by atoms with Crippen LogP contribution in [0, 0.1) is 0 Å². The Kier molecular flexibility index (Phi) is 5.70. The first kappa shape index (κ1) is 20.9. The predicted molar refractivity (Wildman–Crippen MR) is 122 cm³/mol. The van der Waals surface area contributed by atoms with Crippen molar-refractivity contribution in [3.63, 3.8) is 0 Å². The molecule has 3 aromatic carbocycles.